The summed E-state index contributed by atoms with van der Waals surface area (Å²) in [5.41, 5.74) is 0. The topological polar surface area (TPSA) is 37.4 Å². The predicted molar refractivity (Wildman–Crippen MR) is 38.7 cm³/mol. The van der Waals surface area contributed by atoms with Gasteiger partial charge in [0.25, 0.3) is 0 Å². The smallest absolute Gasteiger partial charge is 0.225 e. The van der Waals surface area contributed by atoms with Crippen LogP contribution in [0.4, 0.5) is 4.39 Å². The van der Waals surface area contributed by atoms with Gasteiger partial charge in [-0.1, -0.05) is 0 Å². The number of halogens is 1. The molecule has 0 aliphatic carbocycles. The van der Waals surface area contributed by atoms with Crippen molar-refractivity contribution in [1.82, 2.24) is 4.90 Å². The largest absolute Gasteiger partial charge is 0.286 e. The molecule has 3 nitrogen and oxygen atoms in total. The van der Waals surface area contributed by atoms with Gasteiger partial charge in [0.05, 0.1) is 6.67 Å². The van der Waals surface area contributed by atoms with Crippen LogP contribution >= 0.6 is 0 Å². The summed E-state index contributed by atoms with van der Waals surface area (Å²) in [6, 6.07) is 0. The second kappa shape index (κ2) is 5.82. The van der Waals surface area contributed by atoms with E-state index in [0.29, 0.717) is 25.8 Å². The molecule has 0 unspecified atom stereocenters. The third kappa shape index (κ3) is 4.47. The SMILES string of the molecule is CC(=O)N(C=O)CCCCF. The average Bonchev–Trinajstić information content (AvgIpc) is 1.97. The van der Waals surface area contributed by atoms with Crippen LogP contribution in [-0.4, -0.2) is 30.4 Å². The van der Waals surface area contributed by atoms with E-state index in [1.54, 1.807) is 0 Å². The first-order valence-corrected chi connectivity index (χ1v) is 3.51. The van der Waals surface area contributed by atoms with Crippen LogP contribution in [0.1, 0.15) is 19.8 Å². The molecule has 0 aromatic carbocycles. The molecule has 4 heteroatoms. The average molecular weight is 161 g/mol. The van der Waals surface area contributed by atoms with E-state index in [-0.39, 0.29) is 5.91 Å². The van der Waals surface area contributed by atoms with Crippen LogP contribution in [-0.2, 0) is 9.59 Å². The standard InChI is InChI=1S/C7H12FNO2/c1-7(11)9(6-10)5-3-2-4-8/h6H,2-5H2,1H3. The van der Waals surface area contributed by atoms with Gasteiger partial charge in [-0.2, -0.15) is 0 Å². The van der Waals surface area contributed by atoms with E-state index in [2.05, 4.69) is 0 Å². The fourth-order valence-corrected chi connectivity index (χ4v) is 0.661. The first-order valence-electron chi connectivity index (χ1n) is 3.51. The van der Waals surface area contributed by atoms with Crippen molar-refractivity contribution in [2.45, 2.75) is 19.8 Å². The number of rotatable bonds is 5. The number of amides is 2. The van der Waals surface area contributed by atoms with Gasteiger partial charge in [-0.3, -0.25) is 18.9 Å². The summed E-state index contributed by atoms with van der Waals surface area (Å²) in [7, 11) is 0. The van der Waals surface area contributed by atoms with E-state index in [1.807, 2.05) is 0 Å². The van der Waals surface area contributed by atoms with Crippen molar-refractivity contribution in [3.8, 4) is 0 Å². The highest BCUT2D eigenvalue weighted by molar-refractivity contribution is 5.83. The monoisotopic (exact) mass is 161 g/mol. The Morgan fingerprint density at radius 2 is 2.18 bits per heavy atom. The first kappa shape index (κ1) is 10.1. The Balaban J connectivity index is 3.52. The Kier molecular flexibility index (Phi) is 5.33. The van der Waals surface area contributed by atoms with Gasteiger partial charge in [0, 0.05) is 13.5 Å². The minimum absolute atomic E-state index is 0.293. The molecule has 0 aromatic rings. The van der Waals surface area contributed by atoms with Crippen molar-refractivity contribution in [2.24, 2.45) is 0 Å². The molecule has 0 heterocycles. The molecule has 0 aliphatic rings. The number of hydrogen-bond donors (Lipinski definition) is 0. The number of alkyl halides is 1. The fourth-order valence-electron chi connectivity index (χ4n) is 0.661. The fraction of sp³-hybridized carbons (Fsp3) is 0.714. The first-order chi connectivity index (χ1) is 5.22. The van der Waals surface area contributed by atoms with Crippen LogP contribution in [0.25, 0.3) is 0 Å². The molecule has 0 aliphatic heterocycles. The van der Waals surface area contributed by atoms with Crippen LogP contribution in [0, 0.1) is 0 Å². The van der Waals surface area contributed by atoms with E-state index in [9.17, 15) is 14.0 Å². The van der Waals surface area contributed by atoms with E-state index in [4.69, 9.17) is 0 Å². The molecule has 0 N–H and O–H groups in total. The second-order valence-electron chi connectivity index (χ2n) is 2.21. The molecule has 0 radical (unpaired) electrons. The van der Waals surface area contributed by atoms with Gasteiger partial charge in [-0.05, 0) is 12.8 Å². The lowest BCUT2D eigenvalue weighted by Crippen LogP contribution is -2.28. The molecule has 0 atom stereocenters. The van der Waals surface area contributed by atoms with Crippen molar-refractivity contribution < 1.29 is 14.0 Å². The number of nitrogens with zero attached hydrogens (tertiary/aromatic N) is 1. The number of unbranched alkanes of at least 4 members (excludes halogenated alkanes) is 1. The molecular formula is C7H12FNO2. The van der Waals surface area contributed by atoms with Gasteiger partial charge in [0.15, 0.2) is 0 Å². The molecule has 0 bridgehead atoms. The van der Waals surface area contributed by atoms with Gasteiger partial charge in [-0.25, -0.2) is 0 Å². The van der Waals surface area contributed by atoms with Crippen LogP contribution in [0.3, 0.4) is 0 Å². The summed E-state index contributed by atoms with van der Waals surface area (Å²) in [6.45, 7) is 1.23. The lowest BCUT2D eigenvalue weighted by molar-refractivity contribution is -0.136. The van der Waals surface area contributed by atoms with E-state index >= 15 is 0 Å². The van der Waals surface area contributed by atoms with Crippen molar-refractivity contribution in [1.29, 1.82) is 0 Å². The summed E-state index contributed by atoms with van der Waals surface area (Å²) in [4.78, 5) is 21.8. The zero-order valence-corrected chi connectivity index (χ0v) is 6.55. The molecule has 64 valence electrons. The zero-order valence-electron chi connectivity index (χ0n) is 6.55. The Hall–Kier alpha value is -0.930. The van der Waals surface area contributed by atoms with Gasteiger partial charge in [0.1, 0.15) is 0 Å². The van der Waals surface area contributed by atoms with Gasteiger partial charge in [0.2, 0.25) is 12.3 Å². The number of carbonyl (C=O) groups is 2. The Bertz CT molecular complexity index is 138. The third-order valence-electron chi connectivity index (χ3n) is 1.31. The van der Waals surface area contributed by atoms with E-state index < -0.39 is 6.67 Å². The van der Waals surface area contributed by atoms with Gasteiger partial charge in [-0.15, -0.1) is 0 Å². The molecular weight excluding hydrogens is 149 g/mol. The van der Waals surface area contributed by atoms with Crippen molar-refractivity contribution in [3.63, 3.8) is 0 Å². The molecule has 0 fully saturated rings. The third-order valence-corrected chi connectivity index (χ3v) is 1.31. The molecule has 11 heavy (non-hydrogen) atoms. The van der Waals surface area contributed by atoms with Crippen LogP contribution < -0.4 is 0 Å². The quantitative estimate of drug-likeness (QED) is 0.440. The number of imide groups is 1. The summed E-state index contributed by atoms with van der Waals surface area (Å²) < 4.78 is 11.6. The maximum atomic E-state index is 11.6. The minimum Gasteiger partial charge on any atom is -0.286 e. The lowest BCUT2D eigenvalue weighted by atomic mass is 10.3. The van der Waals surface area contributed by atoms with Crippen LogP contribution in [0.5, 0.6) is 0 Å². The van der Waals surface area contributed by atoms with Crippen molar-refractivity contribution in [3.05, 3.63) is 0 Å². The second-order valence-corrected chi connectivity index (χ2v) is 2.21. The minimum atomic E-state index is -0.398. The number of carbonyl (C=O) groups excluding carboxylic acids is 2. The van der Waals surface area contributed by atoms with Crippen molar-refractivity contribution in [2.75, 3.05) is 13.2 Å². The summed E-state index contributed by atoms with van der Waals surface area (Å²) in [5.74, 6) is -0.293. The van der Waals surface area contributed by atoms with E-state index in [1.165, 1.54) is 6.92 Å². The van der Waals surface area contributed by atoms with Crippen molar-refractivity contribution >= 4 is 12.3 Å². The summed E-state index contributed by atoms with van der Waals surface area (Å²) in [5, 5.41) is 0. The highest BCUT2D eigenvalue weighted by Crippen LogP contribution is 1.93. The highest BCUT2D eigenvalue weighted by atomic mass is 19.1. The maximum Gasteiger partial charge on any atom is 0.225 e. The molecule has 0 aromatic heterocycles. The Morgan fingerprint density at radius 1 is 1.55 bits per heavy atom. The molecule has 0 saturated heterocycles. The molecule has 0 saturated carbocycles. The zero-order chi connectivity index (χ0) is 8.69. The summed E-state index contributed by atoms with van der Waals surface area (Å²) in [6.07, 6.45) is 1.41. The Morgan fingerprint density at radius 3 is 2.55 bits per heavy atom. The van der Waals surface area contributed by atoms with Gasteiger partial charge >= 0.3 is 0 Å². The normalized spacial score (nSPS) is 9.27. The highest BCUT2D eigenvalue weighted by Gasteiger charge is 2.04. The maximum absolute atomic E-state index is 11.6. The van der Waals surface area contributed by atoms with E-state index in [0.717, 1.165) is 4.90 Å². The van der Waals surface area contributed by atoms with Crippen LogP contribution in [0.2, 0.25) is 0 Å². The van der Waals surface area contributed by atoms with Gasteiger partial charge < -0.3 is 0 Å². The molecule has 2 amide bonds. The van der Waals surface area contributed by atoms with Crippen LogP contribution in [0.15, 0.2) is 0 Å². The molecule has 0 rings (SSSR count). The predicted octanol–water partition coefficient (Wildman–Crippen LogP) is 0.741. The number of hydrogen-bond acceptors (Lipinski definition) is 2. The Labute approximate surface area is 65.2 Å². The molecule has 0 spiro atoms. The summed E-state index contributed by atoms with van der Waals surface area (Å²) >= 11 is 0. The lowest BCUT2D eigenvalue weighted by Gasteiger charge is -2.11.